The standard InChI is InChI=1S/C21H16N2O4/c1-27-18-7-3-14(4-8-18)2-5-15-12-23(13-16(15)11-22)17-6-9-19(21(25)26)20(24)10-17/h2-10,12-13,24H,1H3,(H,25,26). The highest BCUT2D eigenvalue weighted by molar-refractivity contribution is 5.91. The van der Waals surface area contributed by atoms with Crippen LogP contribution in [0.5, 0.6) is 11.5 Å². The summed E-state index contributed by atoms with van der Waals surface area (Å²) in [6, 6.07) is 13.9. The number of methoxy groups -OCH3 is 1. The molecule has 3 aromatic rings. The summed E-state index contributed by atoms with van der Waals surface area (Å²) >= 11 is 0. The molecule has 0 saturated carbocycles. The van der Waals surface area contributed by atoms with Gasteiger partial charge in [-0.25, -0.2) is 4.79 Å². The Morgan fingerprint density at radius 3 is 2.48 bits per heavy atom. The van der Waals surface area contributed by atoms with E-state index in [4.69, 9.17) is 9.84 Å². The van der Waals surface area contributed by atoms with Crippen LogP contribution in [0, 0.1) is 11.3 Å². The number of benzene rings is 2. The Hall–Kier alpha value is -3.98. The maximum Gasteiger partial charge on any atom is 0.339 e. The summed E-state index contributed by atoms with van der Waals surface area (Å²) in [5, 5.41) is 28.2. The molecule has 3 rings (SSSR count). The van der Waals surface area contributed by atoms with Crippen molar-refractivity contribution in [2.24, 2.45) is 0 Å². The number of hydrogen-bond acceptors (Lipinski definition) is 4. The Bertz CT molecular complexity index is 1060. The lowest BCUT2D eigenvalue weighted by Crippen LogP contribution is -1.98. The minimum absolute atomic E-state index is 0.175. The molecule has 0 atom stereocenters. The van der Waals surface area contributed by atoms with E-state index in [9.17, 15) is 15.2 Å². The molecule has 1 aromatic heterocycles. The first kappa shape index (κ1) is 17.8. The number of ether oxygens (including phenoxy) is 1. The zero-order valence-electron chi connectivity index (χ0n) is 14.5. The van der Waals surface area contributed by atoms with Gasteiger partial charge in [-0.3, -0.25) is 0 Å². The molecule has 2 aromatic carbocycles. The molecule has 0 amide bonds. The number of nitrogens with zero attached hydrogens (tertiary/aromatic N) is 2. The third-order valence-electron chi connectivity index (χ3n) is 4.06. The molecule has 6 nitrogen and oxygen atoms in total. The van der Waals surface area contributed by atoms with Crippen molar-refractivity contribution >= 4 is 18.1 Å². The van der Waals surface area contributed by atoms with Gasteiger partial charge in [-0.05, 0) is 29.8 Å². The van der Waals surface area contributed by atoms with Crippen molar-refractivity contribution in [3.05, 3.63) is 77.1 Å². The number of nitriles is 1. The maximum absolute atomic E-state index is 11.0. The molecule has 6 heteroatoms. The number of hydrogen-bond donors (Lipinski definition) is 2. The number of rotatable bonds is 5. The van der Waals surface area contributed by atoms with Crippen LogP contribution in [0.1, 0.15) is 27.0 Å². The third-order valence-corrected chi connectivity index (χ3v) is 4.06. The van der Waals surface area contributed by atoms with Crippen LogP contribution in [-0.4, -0.2) is 27.9 Å². The molecule has 0 radical (unpaired) electrons. The molecule has 0 saturated heterocycles. The van der Waals surface area contributed by atoms with Gasteiger partial charge in [0.15, 0.2) is 0 Å². The first-order valence-corrected chi connectivity index (χ1v) is 8.02. The number of aromatic nitrogens is 1. The topological polar surface area (TPSA) is 95.5 Å². The van der Waals surface area contributed by atoms with E-state index in [-0.39, 0.29) is 11.3 Å². The van der Waals surface area contributed by atoms with Gasteiger partial charge in [-0.2, -0.15) is 5.26 Å². The summed E-state index contributed by atoms with van der Waals surface area (Å²) in [5.41, 5.74) is 2.50. The number of aromatic carboxylic acids is 1. The fraction of sp³-hybridized carbons (Fsp3) is 0.0476. The van der Waals surface area contributed by atoms with Crippen molar-refractivity contribution in [2.75, 3.05) is 7.11 Å². The van der Waals surface area contributed by atoms with E-state index in [0.29, 0.717) is 16.8 Å². The van der Waals surface area contributed by atoms with Gasteiger partial charge in [0, 0.05) is 29.7 Å². The van der Waals surface area contributed by atoms with Crippen LogP contribution >= 0.6 is 0 Å². The molecule has 0 fully saturated rings. The normalized spacial score (nSPS) is 10.7. The zero-order valence-corrected chi connectivity index (χ0v) is 14.5. The Labute approximate surface area is 155 Å². The number of carboxylic acids is 1. The highest BCUT2D eigenvalue weighted by Gasteiger charge is 2.11. The molecule has 0 unspecified atom stereocenters. The van der Waals surface area contributed by atoms with E-state index in [0.717, 1.165) is 11.3 Å². The summed E-state index contributed by atoms with van der Waals surface area (Å²) in [5.74, 6) is -0.768. The van der Waals surface area contributed by atoms with Gasteiger partial charge in [0.1, 0.15) is 23.1 Å². The second-order valence-electron chi connectivity index (χ2n) is 5.76. The number of aromatic hydroxyl groups is 1. The Kier molecular flexibility index (Phi) is 4.95. The van der Waals surface area contributed by atoms with Crippen LogP contribution in [-0.2, 0) is 0 Å². The maximum atomic E-state index is 11.0. The van der Waals surface area contributed by atoms with Gasteiger partial charge in [0.05, 0.1) is 12.7 Å². The summed E-state index contributed by atoms with van der Waals surface area (Å²) in [4.78, 5) is 11.0. The highest BCUT2D eigenvalue weighted by atomic mass is 16.5. The smallest absolute Gasteiger partial charge is 0.339 e. The lowest BCUT2D eigenvalue weighted by atomic mass is 10.1. The molecule has 0 aliphatic carbocycles. The minimum atomic E-state index is -1.20. The lowest BCUT2D eigenvalue weighted by Gasteiger charge is -2.05. The predicted molar refractivity (Wildman–Crippen MR) is 101 cm³/mol. The molecule has 27 heavy (non-hydrogen) atoms. The van der Waals surface area contributed by atoms with Gasteiger partial charge < -0.3 is 19.5 Å². The van der Waals surface area contributed by atoms with Crippen LogP contribution in [0.2, 0.25) is 0 Å². The molecular weight excluding hydrogens is 344 g/mol. The Balaban J connectivity index is 1.91. The van der Waals surface area contributed by atoms with Crippen LogP contribution < -0.4 is 4.74 Å². The summed E-state index contributed by atoms with van der Waals surface area (Å²) < 4.78 is 6.79. The van der Waals surface area contributed by atoms with Crippen molar-refractivity contribution in [2.45, 2.75) is 0 Å². The summed E-state index contributed by atoms with van der Waals surface area (Å²) in [6.07, 6.45) is 7.07. The van der Waals surface area contributed by atoms with E-state index in [1.54, 1.807) is 30.1 Å². The molecule has 0 bridgehead atoms. The predicted octanol–water partition coefficient (Wildman–Crippen LogP) is 3.93. The first-order valence-electron chi connectivity index (χ1n) is 8.02. The van der Waals surface area contributed by atoms with Crippen LogP contribution in [0.15, 0.2) is 54.9 Å². The van der Waals surface area contributed by atoms with Crippen molar-refractivity contribution in [3.8, 4) is 23.3 Å². The SMILES string of the molecule is COc1ccc(C=Cc2cn(-c3ccc(C(=O)O)c(O)c3)cc2C#N)cc1. The zero-order chi connectivity index (χ0) is 19.4. The summed E-state index contributed by atoms with van der Waals surface area (Å²) in [6.45, 7) is 0. The quantitative estimate of drug-likeness (QED) is 0.719. The largest absolute Gasteiger partial charge is 0.507 e. The van der Waals surface area contributed by atoms with Gasteiger partial charge in [-0.1, -0.05) is 24.3 Å². The van der Waals surface area contributed by atoms with E-state index < -0.39 is 5.97 Å². The average Bonchev–Trinajstić information content (AvgIpc) is 3.09. The van der Waals surface area contributed by atoms with E-state index in [2.05, 4.69) is 6.07 Å². The fourth-order valence-electron chi connectivity index (χ4n) is 2.61. The molecule has 134 valence electrons. The van der Waals surface area contributed by atoms with Crippen LogP contribution in [0.3, 0.4) is 0 Å². The molecule has 0 aliphatic rings. The van der Waals surface area contributed by atoms with Crippen LogP contribution in [0.4, 0.5) is 0 Å². The Morgan fingerprint density at radius 1 is 1.15 bits per heavy atom. The molecule has 0 spiro atoms. The van der Waals surface area contributed by atoms with E-state index in [1.807, 2.05) is 36.4 Å². The second kappa shape index (κ2) is 7.50. The van der Waals surface area contributed by atoms with Crippen molar-refractivity contribution < 1.29 is 19.7 Å². The van der Waals surface area contributed by atoms with E-state index >= 15 is 0 Å². The van der Waals surface area contributed by atoms with Crippen molar-refractivity contribution in [3.63, 3.8) is 0 Å². The molecule has 0 aliphatic heterocycles. The van der Waals surface area contributed by atoms with Crippen molar-refractivity contribution in [1.29, 1.82) is 5.26 Å². The van der Waals surface area contributed by atoms with E-state index in [1.165, 1.54) is 12.1 Å². The lowest BCUT2D eigenvalue weighted by molar-refractivity contribution is 0.0693. The average molecular weight is 360 g/mol. The van der Waals surface area contributed by atoms with Gasteiger partial charge in [-0.15, -0.1) is 0 Å². The van der Waals surface area contributed by atoms with Gasteiger partial charge >= 0.3 is 5.97 Å². The van der Waals surface area contributed by atoms with Crippen molar-refractivity contribution in [1.82, 2.24) is 4.57 Å². The minimum Gasteiger partial charge on any atom is -0.507 e. The fourth-order valence-corrected chi connectivity index (χ4v) is 2.61. The number of phenols is 1. The van der Waals surface area contributed by atoms with Gasteiger partial charge in [0.2, 0.25) is 0 Å². The van der Waals surface area contributed by atoms with Crippen LogP contribution in [0.25, 0.3) is 17.8 Å². The Morgan fingerprint density at radius 2 is 1.89 bits per heavy atom. The van der Waals surface area contributed by atoms with Gasteiger partial charge in [0.25, 0.3) is 0 Å². The summed E-state index contributed by atoms with van der Waals surface area (Å²) in [7, 11) is 1.60. The molecular formula is C21H16N2O4. The number of carboxylic acid groups (broad SMARTS) is 1. The highest BCUT2D eigenvalue weighted by Crippen LogP contribution is 2.24. The third kappa shape index (κ3) is 3.83. The molecule has 1 heterocycles. The number of carbonyl (C=O) groups is 1. The molecule has 2 N–H and O–H groups in total. The first-order chi connectivity index (χ1) is 13.0. The second-order valence-corrected chi connectivity index (χ2v) is 5.76. The monoisotopic (exact) mass is 360 g/mol.